The number of aliphatic hydroxyl groups is 1. The Morgan fingerprint density at radius 2 is 1.94 bits per heavy atom. The molecule has 102 valence electrons. The molecule has 1 aliphatic rings. The second kappa shape index (κ2) is 7.27. The number of aliphatic hydroxyl groups excluding tert-OH is 1. The molecule has 1 N–H and O–H groups in total. The van der Waals surface area contributed by atoms with Gasteiger partial charge in [0.2, 0.25) is 0 Å². The van der Waals surface area contributed by atoms with Crippen LogP contribution < -0.4 is 0 Å². The Kier molecular flexibility index (Phi) is 5.67. The lowest BCUT2D eigenvalue weighted by Crippen LogP contribution is -2.38. The van der Waals surface area contributed by atoms with Gasteiger partial charge in [0.25, 0.3) is 0 Å². The minimum atomic E-state index is 0.280. The number of hydrogen-bond donors (Lipinski definition) is 1. The summed E-state index contributed by atoms with van der Waals surface area (Å²) in [5, 5.41) is 9.26. The first-order valence-electron chi connectivity index (χ1n) is 7.26. The van der Waals surface area contributed by atoms with Crippen LogP contribution >= 0.6 is 11.3 Å². The number of thiophene rings is 1. The summed E-state index contributed by atoms with van der Waals surface area (Å²) in [6.45, 7) is 4.34. The first-order chi connectivity index (χ1) is 8.83. The molecule has 3 heteroatoms. The smallest absolute Gasteiger partial charge is 0.0558 e. The molecule has 0 spiro atoms. The Balaban J connectivity index is 1.95. The van der Waals surface area contributed by atoms with E-state index in [-0.39, 0.29) is 6.61 Å². The zero-order chi connectivity index (χ0) is 12.8. The molecule has 0 amide bonds. The van der Waals surface area contributed by atoms with Crippen molar-refractivity contribution in [3.8, 4) is 0 Å². The molecule has 2 nitrogen and oxygen atoms in total. The Morgan fingerprint density at radius 3 is 2.56 bits per heavy atom. The molecule has 2 rings (SSSR count). The van der Waals surface area contributed by atoms with E-state index < -0.39 is 0 Å². The Hall–Kier alpha value is -0.380. The van der Waals surface area contributed by atoms with Gasteiger partial charge in [0.1, 0.15) is 0 Å². The minimum Gasteiger partial charge on any atom is -0.395 e. The molecule has 0 saturated heterocycles. The zero-order valence-corrected chi connectivity index (χ0v) is 12.2. The van der Waals surface area contributed by atoms with Gasteiger partial charge in [0.05, 0.1) is 6.61 Å². The van der Waals surface area contributed by atoms with Crippen molar-refractivity contribution < 1.29 is 5.11 Å². The zero-order valence-electron chi connectivity index (χ0n) is 11.4. The summed E-state index contributed by atoms with van der Waals surface area (Å²) in [5.41, 5.74) is 0. The van der Waals surface area contributed by atoms with Gasteiger partial charge in [-0.05, 0) is 31.4 Å². The van der Waals surface area contributed by atoms with Crippen molar-refractivity contribution in [2.75, 3.05) is 13.2 Å². The summed E-state index contributed by atoms with van der Waals surface area (Å²) in [6.07, 6.45) is 7.86. The lowest BCUT2D eigenvalue weighted by Gasteiger charge is -2.33. The molecule has 0 atom stereocenters. The highest BCUT2D eigenvalue weighted by Gasteiger charge is 2.21. The molecule has 18 heavy (non-hydrogen) atoms. The highest BCUT2D eigenvalue weighted by Crippen LogP contribution is 2.26. The third-order valence-electron chi connectivity index (χ3n) is 3.90. The van der Waals surface area contributed by atoms with Crippen molar-refractivity contribution in [1.29, 1.82) is 0 Å². The van der Waals surface area contributed by atoms with Gasteiger partial charge in [-0.3, -0.25) is 4.90 Å². The van der Waals surface area contributed by atoms with E-state index >= 15 is 0 Å². The Morgan fingerprint density at radius 1 is 1.22 bits per heavy atom. The molecule has 1 heterocycles. The van der Waals surface area contributed by atoms with Crippen LogP contribution in [0.2, 0.25) is 0 Å². The van der Waals surface area contributed by atoms with Gasteiger partial charge >= 0.3 is 0 Å². The molecular formula is C15H25NOS. The Labute approximate surface area is 115 Å². The highest BCUT2D eigenvalue weighted by molar-refractivity contribution is 7.11. The van der Waals surface area contributed by atoms with E-state index in [0.29, 0.717) is 6.04 Å². The average molecular weight is 267 g/mol. The predicted molar refractivity (Wildman–Crippen MR) is 78.1 cm³/mol. The maximum atomic E-state index is 9.26. The third kappa shape index (κ3) is 3.81. The molecule has 1 aliphatic carbocycles. The minimum absolute atomic E-state index is 0.280. The van der Waals surface area contributed by atoms with E-state index in [1.165, 1.54) is 41.9 Å². The molecule has 1 aromatic rings. The maximum absolute atomic E-state index is 9.26. The fraction of sp³-hybridized carbons (Fsp3) is 0.733. The third-order valence-corrected chi connectivity index (χ3v) is 5.12. The first kappa shape index (κ1) is 14.0. The molecule has 1 saturated carbocycles. The van der Waals surface area contributed by atoms with E-state index in [1.807, 2.05) is 11.3 Å². The van der Waals surface area contributed by atoms with E-state index in [0.717, 1.165) is 19.5 Å². The van der Waals surface area contributed by atoms with Crippen molar-refractivity contribution in [3.05, 3.63) is 21.9 Å². The van der Waals surface area contributed by atoms with Gasteiger partial charge in [-0.25, -0.2) is 0 Å². The van der Waals surface area contributed by atoms with Gasteiger partial charge in [-0.15, -0.1) is 11.3 Å². The molecule has 0 unspecified atom stereocenters. The molecule has 1 aromatic heterocycles. The highest BCUT2D eigenvalue weighted by atomic mass is 32.1. The summed E-state index contributed by atoms with van der Waals surface area (Å²) >= 11 is 1.93. The molecule has 0 radical (unpaired) electrons. The predicted octanol–water partition coefficient (Wildman–Crippen LogP) is 3.44. The van der Waals surface area contributed by atoms with Crippen LogP contribution in [0, 0.1) is 0 Å². The van der Waals surface area contributed by atoms with Gasteiger partial charge < -0.3 is 5.11 Å². The van der Waals surface area contributed by atoms with Gasteiger partial charge in [-0.2, -0.15) is 0 Å². The molecule has 0 aliphatic heterocycles. The van der Waals surface area contributed by atoms with Crippen LogP contribution in [0.5, 0.6) is 0 Å². The number of rotatable bonds is 6. The molecular weight excluding hydrogens is 242 g/mol. The Bertz CT molecular complexity index is 344. The van der Waals surface area contributed by atoms with E-state index in [4.69, 9.17) is 0 Å². The number of hydrogen-bond acceptors (Lipinski definition) is 3. The van der Waals surface area contributed by atoms with Gasteiger partial charge in [0.15, 0.2) is 0 Å². The normalized spacial score (nSPS) is 17.5. The van der Waals surface area contributed by atoms with Crippen LogP contribution in [-0.4, -0.2) is 29.2 Å². The average Bonchev–Trinajstić information content (AvgIpc) is 2.87. The topological polar surface area (TPSA) is 23.5 Å². The largest absolute Gasteiger partial charge is 0.395 e. The number of nitrogens with zero attached hydrogens (tertiary/aromatic N) is 1. The summed E-state index contributed by atoms with van der Waals surface area (Å²) in [5.74, 6) is 0. The van der Waals surface area contributed by atoms with E-state index in [1.54, 1.807) is 0 Å². The lowest BCUT2D eigenvalue weighted by molar-refractivity contribution is 0.118. The summed E-state index contributed by atoms with van der Waals surface area (Å²) < 4.78 is 0. The number of aryl methyl sites for hydroxylation is 1. The standard InChI is InChI=1S/C15H25NOS/c1-2-14-8-9-15(18-14)12-16(10-11-17)13-6-4-3-5-7-13/h8-9,13,17H,2-7,10-12H2,1H3. The summed E-state index contributed by atoms with van der Waals surface area (Å²) in [4.78, 5) is 5.41. The van der Waals surface area contributed by atoms with Crippen LogP contribution in [0.3, 0.4) is 0 Å². The maximum Gasteiger partial charge on any atom is 0.0558 e. The van der Waals surface area contributed by atoms with Crippen molar-refractivity contribution in [1.82, 2.24) is 4.90 Å². The van der Waals surface area contributed by atoms with Crippen LogP contribution in [0.4, 0.5) is 0 Å². The van der Waals surface area contributed by atoms with Crippen LogP contribution in [0.25, 0.3) is 0 Å². The van der Waals surface area contributed by atoms with Crippen LogP contribution in [0.15, 0.2) is 12.1 Å². The summed E-state index contributed by atoms with van der Waals surface area (Å²) in [7, 11) is 0. The van der Waals surface area contributed by atoms with Crippen molar-refractivity contribution >= 4 is 11.3 Å². The van der Waals surface area contributed by atoms with Crippen molar-refractivity contribution in [2.45, 2.75) is 58.0 Å². The summed E-state index contributed by atoms with van der Waals surface area (Å²) in [6, 6.07) is 5.20. The fourth-order valence-electron chi connectivity index (χ4n) is 2.86. The quantitative estimate of drug-likeness (QED) is 0.853. The second-order valence-electron chi connectivity index (χ2n) is 5.21. The van der Waals surface area contributed by atoms with Crippen molar-refractivity contribution in [2.24, 2.45) is 0 Å². The van der Waals surface area contributed by atoms with Crippen LogP contribution in [0.1, 0.15) is 48.8 Å². The molecule has 0 bridgehead atoms. The van der Waals surface area contributed by atoms with E-state index in [2.05, 4.69) is 24.0 Å². The second-order valence-corrected chi connectivity index (χ2v) is 6.46. The van der Waals surface area contributed by atoms with E-state index in [9.17, 15) is 5.11 Å². The SMILES string of the molecule is CCc1ccc(CN(CCO)C2CCCCC2)s1. The monoisotopic (exact) mass is 267 g/mol. The van der Waals surface area contributed by atoms with Crippen molar-refractivity contribution in [3.63, 3.8) is 0 Å². The van der Waals surface area contributed by atoms with Gasteiger partial charge in [0, 0.05) is 28.9 Å². The van der Waals surface area contributed by atoms with Crippen LogP contribution in [-0.2, 0) is 13.0 Å². The fourth-order valence-corrected chi connectivity index (χ4v) is 3.85. The lowest BCUT2D eigenvalue weighted by atomic mass is 9.94. The molecule has 1 fully saturated rings. The molecule has 0 aromatic carbocycles. The first-order valence-corrected chi connectivity index (χ1v) is 8.07. The van der Waals surface area contributed by atoms with Gasteiger partial charge in [-0.1, -0.05) is 26.2 Å².